The van der Waals surface area contributed by atoms with Gasteiger partial charge in [-0.15, -0.1) is 0 Å². The molecule has 0 aliphatic carbocycles. The minimum absolute atomic E-state index is 0.125. The van der Waals surface area contributed by atoms with E-state index in [9.17, 15) is 9.18 Å². The summed E-state index contributed by atoms with van der Waals surface area (Å²) in [7, 11) is 0. The van der Waals surface area contributed by atoms with Gasteiger partial charge in [0.05, 0.1) is 10.6 Å². The van der Waals surface area contributed by atoms with Crippen LogP contribution in [-0.2, 0) is 0 Å². The van der Waals surface area contributed by atoms with Gasteiger partial charge in [0.25, 0.3) is 0 Å². The van der Waals surface area contributed by atoms with Crippen LogP contribution in [0.4, 0.5) is 4.39 Å². The van der Waals surface area contributed by atoms with Crippen LogP contribution in [-0.4, -0.2) is 5.78 Å². The number of benzene rings is 2. The topological polar surface area (TPSA) is 30.2 Å². The highest BCUT2D eigenvalue weighted by molar-refractivity contribution is 6.34. The molecule has 4 heteroatoms. The Morgan fingerprint density at radius 3 is 2.70 bits per heavy atom. The van der Waals surface area contributed by atoms with Crippen molar-refractivity contribution in [1.29, 1.82) is 0 Å². The molecule has 0 saturated heterocycles. The van der Waals surface area contributed by atoms with E-state index in [1.807, 2.05) is 6.07 Å². The lowest BCUT2D eigenvalue weighted by Gasteiger charge is -2.02. The molecule has 1 aromatic heterocycles. The summed E-state index contributed by atoms with van der Waals surface area (Å²) in [5, 5.41) is 1.26. The maximum absolute atomic E-state index is 13.9. The molecular weight excluding hydrogens is 279 g/mol. The lowest BCUT2D eigenvalue weighted by molar-refractivity contribution is 0.101. The summed E-state index contributed by atoms with van der Waals surface area (Å²) < 4.78 is 19.6. The number of hydrogen-bond acceptors (Lipinski definition) is 2. The summed E-state index contributed by atoms with van der Waals surface area (Å²) in [6, 6.07) is 11.3. The van der Waals surface area contributed by atoms with E-state index in [0.29, 0.717) is 21.9 Å². The van der Waals surface area contributed by atoms with Crippen LogP contribution in [0.15, 0.2) is 46.9 Å². The molecule has 1 heterocycles. The first kappa shape index (κ1) is 12.9. The van der Waals surface area contributed by atoms with E-state index < -0.39 is 5.82 Å². The molecule has 2 nitrogen and oxygen atoms in total. The monoisotopic (exact) mass is 288 g/mol. The van der Waals surface area contributed by atoms with E-state index in [4.69, 9.17) is 16.0 Å². The van der Waals surface area contributed by atoms with E-state index in [1.54, 1.807) is 18.2 Å². The average Bonchev–Trinajstić information content (AvgIpc) is 2.84. The van der Waals surface area contributed by atoms with E-state index in [1.165, 1.54) is 25.1 Å². The second-order valence-electron chi connectivity index (χ2n) is 4.52. The first-order chi connectivity index (χ1) is 9.56. The van der Waals surface area contributed by atoms with Gasteiger partial charge in [0.15, 0.2) is 11.4 Å². The van der Waals surface area contributed by atoms with Crippen LogP contribution in [0.2, 0.25) is 5.02 Å². The normalized spacial score (nSPS) is 10.9. The highest BCUT2D eigenvalue weighted by atomic mass is 35.5. The van der Waals surface area contributed by atoms with Crippen LogP contribution in [0, 0.1) is 5.82 Å². The second-order valence-corrected chi connectivity index (χ2v) is 4.93. The molecule has 0 aliphatic heterocycles. The third-order valence-corrected chi connectivity index (χ3v) is 3.43. The number of halogens is 2. The summed E-state index contributed by atoms with van der Waals surface area (Å²) in [4.78, 5) is 11.4. The number of fused-ring (bicyclic) bond motifs is 1. The molecule has 0 unspecified atom stereocenters. The highest BCUT2D eigenvalue weighted by Gasteiger charge is 2.14. The van der Waals surface area contributed by atoms with Crippen molar-refractivity contribution in [3.8, 4) is 11.3 Å². The molecule has 0 fully saturated rings. The van der Waals surface area contributed by atoms with Crippen LogP contribution >= 0.6 is 11.6 Å². The van der Waals surface area contributed by atoms with Crippen LogP contribution in [0.25, 0.3) is 22.3 Å². The van der Waals surface area contributed by atoms with Crippen LogP contribution in [0.5, 0.6) is 0 Å². The molecule has 0 amide bonds. The zero-order chi connectivity index (χ0) is 14.3. The Morgan fingerprint density at radius 1 is 1.20 bits per heavy atom. The van der Waals surface area contributed by atoms with Gasteiger partial charge in [-0.1, -0.05) is 23.7 Å². The number of furan rings is 1. The Hall–Kier alpha value is -2.13. The van der Waals surface area contributed by atoms with Crippen LogP contribution < -0.4 is 0 Å². The van der Waals surface area contributed by atoms with Crippen molar-refractivity contribution >= 4 is 28.4 Å². The van der Waals surface area contributed by atoms with Gasteiger partial charge in [-0.2, -0.15) is 0 Å². The second kappa shape index (κ2) is 4.76. The number of ketones is 1. The van der Waals surface area contributed by atoms with Gasteiger partial charge in [-0.25, -0.2) is 4.39 Å². The summed E-state index contributed by atoms with van der Waals surface area (Å²) in [6.45, 7) is 1.44. The molecular formula is C16H10ClFO2. The van der Waals surface area contributed by atoms with Gasteiger partial charge in [0.2, 0.25) is 0 Å². The van der Waals surface area contributed by atoms with Crippen molar-refractivity contribution < 1.29 is 13.6 Å². The zero-order valence-corrected chi connectivity index (χ0v) is 11.4. The smallest absolute Gasteiger partial charge is 0.159 e. The largest absolute Gasteiger partial charge is 0.454 e. The highest BCUT2D eigenvalue weighted by Crippen LogP contribution is 2.33. The molecule has 0 saturated carbocycles. The van der Waals surface area contributed by atoms with Crippen LogP contribution in [0.3, 0.4) is 0 Å². The summed E-state index contributed by atoms with van der Waals surface area (Å²) in [6.07, 6.45) is 0. The number of hydrogen-bond donors (Lipinski definition) is 0. The number of Topliss-reactive ketones (excluding diaryl/α,β-unsaturated/α-hetero) is 1. The number of carbonyl (C=O) groups excluding carboxylic acids is 1. The first-order valence-electron chi connectivity index (χ1n) is 6.05. The Morgan fingerprint density at radius 2 is 2.00 bits per heavy atom. The lowest BCUT2D eigenvalue weighted by Crippen LogP contribution is -1.93. The zero-order valence-electron chi connectivity index (χ0n) is 10.6. The van der Waals surface area contributed by atoms with Crippen molar-refractivity contribution in [3.05, 3.63) is 58.9 Å². The van der Waals surface area contributed by atoms with Crippen molar-refractivity contribution in [2.24, 2.45) is 0 Å². The Balaban J connectivity index is 2.22. The van der Waals surface area contributed by atoms with Gasteiger partial charge in [0.1, 0.15) is 11.6 Å². The molecule has 20 heavy (non-hydrogen) atoms. The first-order valence-corrected chi connectivity index (χ1v) is 6.43. The lowest BCUT2D eigenvalue weighted by atomic mass is 10.1. The van der Waals surface area contributed by atoms with Crippen molar-refractivity contribution in [3.63, 3.8) is 0 Å². The average molecular weight is 289 g/mol. The molecule has 2 aromatic carbocycles. The van der Waals surface area contributed by atoms with Gasteiger partial charge in [0, 0.05) is 10.9 Å². The Kier molecular flexibility index (Phi) is 3.07. The summed E-state index contributed by atoms with van der Waals surface area (Å²) in [5.41, 5.74) is 1.20. The molecule has 0 N–H and O–H groups in total. The molecule has 0 bridgehead atoms. The van der Waals surface area contributed by atoms with Gasteiger partial charge >= 0.3 is 0 Å². The van der Waals surface area contributed by atoms with E-state index in [0.717, 1.165) is 5.39 Å². The van der Waals surface area contributed by atoms with Gasteiger partial charge in [-0.3, -0.25) is 4.79 Å². The SMILES string of the molecule is CC(=O)c1ccc(F)c(-c2cc3cccc(Cl)c3o2)c1. The molecule has 100 valence electrons. The number of para-hydroxylation sites is 1. The fourth-order valence-electron chi connectivity index (χ4n) is 2.09. The van der Waals surface area contributed by atoms with E-state index in [-0.39, 0.29) is 11.3 Å². The number of carbonyl (C=O) groups is 1. The summed E-state index contributed by atoms with van der Waals surface area (Å²) >= 11 is 6.04. The Bertz CT molecular complexity index is 820. The minimum Gasteiger partial charge on any atom is -0.454 e. The minimum atomic E-state index is -0.440. The molecule has 0 atom stereocenters. The van der Waals surface area contributed by atoms with Crippen molar-refractivity contribution in [2.75, 3.05) is 0 Å². The summed E-state index contributed by atoms with van der Waals surface area (Å²) in [5.74, 6) is -0.209. The predicted octanol–water partition coefficient (Wildman–Crippen LogP) is 5.09. The quantitative estimate of drug-likeness (QED) is 0.614. The molecule has 0 spiro atoms. The molecule has 0 aliphatic rings. The third kappa shape index (κ3) is 2.10. The third-order valence-electron chi connectivity index (χ3n) is 3.13. The standard InChI is InChI=1S/C16H10ClFO2/c1-9(19)10-5-6-14(18)12(7-10)15-8-11-3-2-4-13(17)16(11)20-15/h2-8H,1H3. The predicted molar refractivity (Wildman–Crippen MR) is 76.6 cm³/mol. The van der Waals surface area contributed by atoms with Crippen LogP contribution in [0.1, 0.15) is 17.3 Å². The van der Waals surface area contributed by atoms with Gasteiger partial charge < -0.3 is 4.42 Å². The van der Waals surface area contributed by atoms with Gasteiger partial charge in [-0.05, 0) is 37.3 Å². The maximum atomic E-state index is 13.9. The maximum Gasteiger partial charge on any atom is 0.159 e. The molecule has 3 aromatic rings. The fraction of sp³-hybridized carbons (Fsp3) is 0.0625. The fourth-order valence-corrected chi connectivity index (χ4v) is 2.31. The molecule has 0 radical (unpaired) electrons. The van der Waals surface area contributed by atoms with Crippen molar-refractivity contribution in [2.45, 2.75) is 6.92 Å². The van der Waals surface area contributed by atoms with Crippen molar-refractivity contribution in [1.82, 2.24) is 0 Å². The molecule has 3 rings (SSSR count). The Labute approximate surface area is 119 Å². The van der Waals surface area contributed by atoms with E-state index in [2.05, 4.69) is 0 Å². The van der Waals surface area contributed by atoms with E-state index >= 15 is 0 Å². The number of rotatable bonds is 2.